The van der Waals surface area contributed by atoms with E-state index in [1.165, 1.54) is 17.3 Å². The molecule has 0 unspecified atom stereocenters. The maximum atomic E-state index is 12.8. The number of hydrogen-bond donors (Lipinski definition) is 1. The molecule has 32 heavy (non-hydrogen) atoms. The summed E-state index contributed by atoms with van der Waals surface area (Å²) < 4.78 is 6.10. The standard InChI is InChI=1S/C24H18N2O3S3/c1-14-6-16(8-18(7-14)17-4-5-31-13-17)11-26-19-9-15(2-3-20(19)29-12-22(26)27)10-21-23(28)25-24(30)32-21/h2-10,13H,11-12H2,1H3,(H,25,28,30). The average molecular weight is 479 g/mol. The van der Waals surface area contributed by atoms with Crippen molar-refractivity contribution in [1.29, 1.82) is 0 Å². The van der Waals surface area contributed by atoms with Crippen LogP contribution >= 0.6 is 35.3 Å². The smallest absolute Gasteiger partial charge is 0.265 e. The lowest BCUT2D eigenvalue weighted by Gasteiger charge is -2.30. The van der Waals surface area contributed by atoms with Crippen molar-refractivity contribution in [3.05, 3.63) is 74.8 Å². The van der Waals surface area contributed by atoms with E-state index in [0.29, 0.717) is 27.2 Å². The van der Waals surface area contributed by atoms with Gasteiger partial charge in [0.05, 0.1) is 17.1 Å². The van der Waals surface area contributed by atoms with Gasteiger partial charge in [0, 0.05) is 0 Å². The summed E-state index contributed by atoms with van der Waals surface area (Å²) in [7, 11) is 0. The highest BCUT2D eigenvalue weighted by molar-refractivity contribution is 8.26. The Labute approximate surface area is 199 Å². The minimum absolute atomic E-state index is 0.00314. The molecule has 0 aliphatic carbocycles. The van der Waals surface area contributed by atoms with Crippen molar-refractivity contribution in [3.8, 4) is 16.9 Å². The Hall–Kier alpha value is -2.94. The lowest BCUT2D eigenvalue weighted by Crippen LogP contribution is -2.38. The second kappa shape index (κ2) is 8.54. The largest absolute Gasteiger partial charge is 0.482 e. The molecule has 0 radical (unpaired) electrons. The first-order valence-corrected chi connectivity index (χ1v) is 12.1. The molecule has 5 nitrogen and oxygen atoms in total. The lowest BCUT2D eigenvalue weighted by molar-refractivity contribution is -0.121. The Morgan fingerprint density at radius 1 is 1.16 bits per heavy atom. The van der Waals surface area contributed by atoms with Crippen molar-refractivity contribution in [2.75, 3.05) is 11.5 Å². The number of thiophene rings is 1. The number of benzene rings is 2. The number of rotatable bonds is 4. The van der Waals surface area contributed by atoms with Crippen LogP contribution in [0.1, 0.15) is 16.7 Å². The topological polar surface area (TPSA) is 58.6 Å². The van der Waals surface area contributed by atoms with E-state index in [4.69, 9.17) is 17.0 Å². The molecule has 1 N–H and O–H groups in total. The van der Waals surface area contributed by atoms with Crippen molar-refractivity contribution in [2.45, 2.75) is 13.5 Å². The lowest BCUT2D eigenvalue weighted by atomic mass is 10.0. The van der Waals surface area contributed by atoms with Crippen LogP contribution in [0.25, 0.3) is 17.2 Å². The Balaban J connectivity index is 1.49. The van der Waals surface area contributed by atoms with Crippen LogP contribution in [0.5, 0.6) is 5.75 Å². The minimum Gasteiger partial charge on any atom is -0.482 e. The zero-order valence-electron chi connectivity index (χ0n) is 17.1. The third-order valence-electron chi connectivity index (χ3n) is 5.20. The zero-order valence-corrected chi connectivity index (χ0v) is 19.5. The van der Waals surface area contributed by atoms with Crippen LogP contribution in [-0.4, -0.2) is 22.7 Å². The fourth-order valence-corrected chi connectivity index (χ4v) is 5.50. The predicted molar refractivity (Wildman–Crippen MR) is 134 cm³/mol. The van der Waals surface area contributed by atoms with Crippen LogP contribution in [0.15, 0.2) is 58.1 Å². The number of amides is 2. The highest BCUT2D eigenvalue weighted by Crippen LogP contribution is 2.36. The molecule has 2 aromatic carbocycles. The molecule has 8 heteroatoms. The summed E-state index contributed by atoms with van der Waals surface area (Å²) in [4.78, 5) is 27.1. The van der Waals surface area contributed by atoms with E-state index in [9.17, 15) is 9.59 Å². The first kappa shape index (κ1) is 20.9. The number of hydrogen-bond acceptors (Lipinski definition) is 6. The predicted octanol–water partition coefficient (Wildman–Crippen LogP) is 5.14. The molecule has 1 aromatic heterocycles. The number of nitrogens with zero attached hydrogens (tertiary/aromatic N) is 1. The highest BCUT2D eigenvalue weighted by Gasteiger charge is 2.27. The van der Waals surface area contributed by atoms with E-state index in [1.54, 1.807) is 22.3 Å². The molecule has 1 fully saturated rings. The second-order valence-corrected chi connectivity index (χ2v) is 10.1. The second-order valence-electron chi connectivity index (χ2n) is 7.57. The molecule has 0 atom stereocenters. The number of carbonyl (C=O) groups excluding carboxylic acids is 2. The summed E-state index contributed by atoms with van der Waals surface area (Å²) in [5.41, 5.74) is 6.00. The van der Waals surface area contributed by atoms with Gasteiger partial charge in [-0.3, -0.25) is 9.59 Å². The number of thiocarbonyl (C=S) groups is 1. The zero-order chi connectivity index (χ0) is 22.2. The van der Waals surface area contributed by atoms with E-state index in [-0.39, 0.29) is 18.4 Å². The summed E-state index contributed by atoms with van der Waals surface area (Å²) in [6, 6.07) is 14.1. The number of fused-ring (bicyclic) bond motifs is 1. The van der Waals surface area contributed by atoms with Crippen molar-refractivity contribution < 1.29 is 14.3 Å². The van der Waals surface area contributed by atoms with E-state index >= 15 is 0 Å². The molecule has 0 bridgehead atoms. The van der Waals surface area contributed by atoms with Crippen molar-refractivity contribution in [1.82, 2.24) is 5.32 Å². The SMILES string of the molecule is Cc1cc(CN2C(=O)COc3ccc(C=C4SC(=S)NC4=O)cc32)cc(-c2ccsc2)c1. The van der Waals surface area contributed by atoms with Crippen LogP contribution in [0.4, 0.5) is 5.69 Å². The maximum absolute atomic E-state index is 12.8. The highest BCUT2D eigenvalue weighted by atomic mass is 32.2. The first-order valence-electron chi connectivity index (χ1n) is 9.91. The van der Waals surface area contributed by atoms with Crippen molar-refractivity contribution in [2.24, 2.45) is 0 Å². The van der Waals surface area contributed by atoms with E-state index < -0.39 is 0 Å². The van der Waals surface area contributed by atoms with Gasteiger partial charge in [0.2, 0.25) is 0 Å². The minimum atomic E-state index is -0.206. The number of carbonyl (C=O) groups is 2. The number of ether oxygens (including phenoxy) is 1. The molecular weight excluding hydrogens is 460 g/mol. The van der Waals surface area contributed by atoms with Crippen molar-refractivity contribution >= 4 is 63.2 Å². The van der Waals surface area contributed by atoms with E-state index in [0.717, 1.165) is 22.3 Å². The average Bonchev–Trinajstić information content (AvgIpc) is 3.40. The van der Waals surface area contributed by atoms with Gasteiger partial charge in [-0.2, -0.15) is 11.3 Å². The molecule has 3 aromatic rings. The number of nitrogens with one attached hydrogen (secondary N) is 1. The van der Waals surface area contributed by atoms with Gasteiger partial charge in [-0.1, -0.05) is 47.7 Å². The monoisotopic (exact) mass is 478 g/mol. The molecule has 3 heterocycles. The quantitative estimate of drug-likeness (QED) is 0.416. The Bertz CT molecular complexity index is 1280. The molecule has 5 rings (SSSR count). The van der Waals surface area contributed by atoms with E-state index in [2.05, 4.69) is 47.3 Å². The third-order valence-corrected chi connectivity index (χ3v) is 7.04. The summed E-state index contributed by atoms with van der Waals surface area (Å²) in [6.07, 6.45) is 1.78. The van der Waals surface area contributed by atoms with Gasteiger partial charge in [0.15, 0.2) is 6.61 Å². The number of thioether (sulfide) groups is 1. The number of aryl methyl sites for hydroxylation is 1. The molecule has 2 amide bonds. The number of anilines is 1. The molecule has 160 valence electrons. The van der Waals surface area contributed by atoms with Crippen LogP contribution in [0.2, 0.25) is 0 Å². The van der Waals surface area contributed by atoms with Gasteiger partial charge >= 0.3 is 0 Å². The van der Waals surface area contributed by atoms with Crippen LogP contribution in [0, 0.1) is 6.92 Å². The van der Waals surface area contributed by atoms with Crippen LogP contribution in [-0.2, 0) is 16.1 Å². The van der Waals surface area contributed by atoms with Gasteiger partial charge in [0.25, 0.3) is 11.8 Å². The molecule has 2 aliphatic rings. The summed E-state index contributed by atoms with van der Waals surface area (Å²) in [5.74, 6) is 0.342. The van der Waals surface area contributed by atoms with Crippen LogP contribution < -0.4 is 15.0 Å². The molecule has 2 aliphatic heterocycles. The van der Waals surface area contributed by atoms with Gasteiger partial charge in [-0.15, -0.1) is 0 Å². The Morgan fingerprint density at radius 2 is 2.03 bits per heavy atom. The van der Waals surface area contributed by atoms with Gasteiger partial charge in [0.1, 0.15) is 10.1 Å². The Kier molecular flexibility index (Phi) is 5.58. The van der Waals surface area contributed by atoms with Gasteiger partial charge < -0.3 is 15.0 Å². The molecule has 1 saturated heterocycles. The normalized spacial score (nSPS) is 16.8. The van der Waals surface area contributed by atoms with E-state index in [1.807, 2.05) is 18.2 Å². The fourth-order valence-electron chi connectivity index (χ4n) is 3.79. The van der Waals surface area contributed by atoms with Crippen LogP contribution in [0.3, 0.4) is 0 Å². The van der Waals surface area contributed by atoms with Crippen molar-refractivity contribution in [3.63, 3.8) is 0 Å². The first-order chi connectivity index (χ1) is 15.5. The summed E-state index contributed by atoms with van der Waals surface area (Å²) in [6.45, 7) is 2.50. The fraction of sp³-hybridized carbons (Fsp3) is 0.125. The summed E-state index contributed by atoms with van der Waals surface area (Å²) in [5, 5.41) is 6.80. The molecule has 0 spiro atoms. The summed E-state index contributed by atoms with van der Waals surface area (Å²) >= 11 is 7.96. The van der Waals surface area contributed by atoms with Gasteiger partial charge in [-0.25, -0.2) is 0 Å². The molecule has 0 saturated carbocycles. The van der Waals surface area contributed by atoms with Gasteiger partial charge in [-0.05, 0) is 70.3 Å². The maximum Gasteiger partial charge on any atom is 0.265 e. The third kappa shape index (κ3) is 4.21. The Morgan fingerprint density at radius 3 is 2.78 bits per heavy atom. The molecular formula is C24H18N2O3S3.